The fourth-order valence-corrected chi connectivity index (χ4v) is 1.80. The Morgan fingerprint density at radius 3 is 2.71 bits per heavy atom. The molecule has 21 heavy (non-hydrogen) atoms. The number of esters is 1. The van der Waals surface area contributed by atoms with Gasteiger partial charge in [0.2, 0.25) is 5.82 Å². The lowest BCUT2D eigenvalue weighted by molar-refractivity contribution is -0.137. The van der Waals surface area contributed by atoms with Crippen LogP contribution in [0.15, 0.2) is 6.07 Å². The summed E-state index contributed by atoms with van der Waals surface area (Å²) in [5.74, 6) is -0.454. The number of hydrogen-bond donors (Lipinski definition) is 2. The van der Waals surface area contributed by atoms with Gasteiger partial charge in [0.1, 0.15) is 5.82 Å². The summed E-state index contributed by atoms with van der Waals surface area (Å²) in [6.07, 6.45) is 1.65. The molecule has 0 fully saturated rings. The van der Waals surface area contributed by atoms with Crippen molar-refractivity contribution in [3.05, 3.63) is 17.6 Å². The smallest absolute Gasteiger partial charge is 0.376 e. The largest absolute Gasteiger partial charge is 0.481 e. The zero-order valence-corrected chi connectivity index (χ0v) is 12.5. The summed E-state index contributed by atoms with van der Waals surface area (Å²) in [6.45, 7) is 4.43. The van der Waals surface area contributed by atoms with Crippen LogP contribution < -0.4 is 5.32 Å². The molecule has 0 spiro atoms. The molecule has 1 rings (SSSR count). The number of carboxylic acid groups (broad SMARTS) is 1. The molecule has 1 heterocycles. The van der Waals surface area contributed by atoms with Crippen LogP contribution in [-0.2, 0) is 9.53 Å². The number of carbonyl (C=O) groups is 2. The molecule has 0 bridgehead atoms. The van der Waals surface area contributed by atoms with E-state index in [4.69, 9.17) is 5.11 Å². The Labute approximate surface area is 123 Å². The van der Waals surface area contributed by atoms with Crippen LogP contribution in [0.25, 0.3) is 0 Å². The van der Waals surface area contributed by atoms with Crippen molar-refractivity contribution < 1.29 is 19.4 Å². The van der Waals surface area contributed by atoms with E-state index in [-0.39, 0.29) is 12.2 Å². The molecule has 2 N–H and O–H groups in total. The second-order valence-corrected chi connectivity index (χ2v) is 4.96. The van der Waals surface area contributed by atoms with E-state index in [1.807, 2.05) is 6.92 Å². The van der Waals surface area contributed by atoms with Gasteiger partial charge in [-0.15, -0.1) is 0 Å². The molecular formula is C14H21N3O4. The number of aliphatic carboxylic acids is 1. The van der Waals surface area contributed by atoms with E-state index in [0.717, 1.165) is 6.42 Å². The SMILES string of the molecule is COC(=O)c1nc(C)cc(NCCC(C)CCC(=O)O)n1. The molecule has 1 aromatic heterocycles. The van der Waals surface area contributed by atoms with Crippen LogP contribution in [0.1, 0.15) is 42.5 Å². The van der Waals surface area contributed by atoms with Crippen molar-refractivity contribution in [2.24, 2.45) is 5.92 Å². The van der Waals surface area contributed by atoms with Crippen LogP contribution in [0.2, 0.25) is 0 Å². The molecule has 1 aromatic rings. The van der Waals surface area contributed by atoms with Gasteiger partial charge in [-0.25, -0.2) is 14.8 Å². The maximum absolute atomic E-state index is 11.4. The lowest BCUT2D eigenvalue weighted by atomic mass is 10.0. The van der Waals surface area contributed by atoms with E-state index in [0.29, 0.717) is 30.4 Å². The van der Waals surface area contributed by atoms with Crippen LogP contribution >= 0.6 is 0 Å². The van der Waals surface area contributed by atoms with E-state index in [2.05, 4.69) is 20.0 Å². The quantitative estimate of drug-likeness (QED) is 0.706. The van der Waals surface area contributed by atoms with Gasteiger partial charge < -0.3 is 15.2 Å². The number of methoxy groups -OCH3 is 1. The van der Waals surface area contributed by atoms with E-state index >= 15 is 0 Å². The molecule has 0 aliphatic carbocycles. The summed E-state index contributed by atoms with van der Waals surface area (Å²) in [5, 5.41) is 11.7. The minimum Gasteiger partial charge on any atom is -0.481 e. The second kappa shape index (κ2) is 8.18. The molecule has 1 unspecified atom stereocenters. The monoisotopic (exact) mass is 295 g/mol. The number of aromatic nitrogens is 2. The van der Waals surface area contributed by atoms with Crippen LogP contribution in [0.5, 0.6) is 0 Å². The van der Waals surface area contributed by atoms with Gasteiger partial charge in [0.05, 0.1) is 7.11 Å². The Morgan fingerprint density at radius 1 is 1.38 bits per heavy atom. The van der Waals surface area contributed by atoms with Gasteiger partial charge in [0, 0.05) is 24.7 Å². The van der Waals surface area contributed by atoms with E-state index in [1.54, 1.807) is 13.0 Å². The first-order chi connectivity index (χ1) is 9.92. The first-order valence-corrected chi connectivity index (χ1v) is 6.82. The molecule has 0 saturated heterocycles. The average Bonchev–Trinajstić information content (AvgIpc) is 2.43. The standard InChI is InChI=1S/C14H21N3O4/c1-9(4-5-12(18)19)6-7-15-11-8-10(2)16-13(17-11)14(20)21-3/h8-9H,4-7H2,1-3H3,(H,18,19)(H,15,16,17). The Balaban J connectivity index is 2.50. The van der Waals surface area contributed by atoms with Gasteiger partial charge >= 0.3 is 11.9 Å². The number of carbonyl (C=O) groups excluding carboxylic acids is 1. The van der Waals surface area contributed by atoms with Crippen LogP contribution in [-0.4, -0.2) is 40.7 Å². The van der Waals surface area contributed by atoms with Crippen LogP contribution in [0.4, 0.5) is 5.82 Å². The molecule has 1 atom stereocenters. The summed E-state index contributed by atoms with van der Waals surface area (Å²) in [4.78, 5) is 30.0. The summed E-state index contributed by atoms with van der Waals surface area (Å²) in [6, 6.07) is 1.74. The molecule has 7 nitrogen and oxygen atoms in total. The highest BCUT2D eigenvalue weighted by Crippen LogP contribution is 2.12. The molecule has 7 heteroatoms. The topological polar surface area (TPSA) is 101 Å². The minimum absolute atomic E-state index is 0.0268. The van der Waals surface area contributed by atoms with Gasteiger partial charge in [-0.1, -0.05) is 6.92 Å². The van der Waals surface area contributed by atoms with Crippen LogP contribution in [0, 0.1) is 12.8 Å². The summed E-state index contributed by atoms with van der Waals surface area (Å²) < 4.78 is 4.60. The lowest BCUT2D eigenvalue weighted by Gasteiger charge is -2.11. The van der Waals surface area contributed by atoms with E-state index < -0.39 is 11.9 Å². The predicted octanol–water partition coefficient (Wildman–Crippen LogP) is 1.87. The first-order valence-electron chi connectivity index (χ1n) is 6.82. The van der Waals surface area contributed by atoms with Crippen LogP contribution in [0.3, 0.4) is 0 Å². The number of hydrogen-bond acceptors (Lipinski definition) is 6. The van der Waals surface area contributed by atoms with Gasteiger partial charge in [-0.2, -0.15) is 0 Å². The molecule has 0 amide bonds. The third kappa shape index (κ3) is 6.20. The van der Waals surface area contributed by atoms with Gasteiger partial charge in [0.25, 0.3) is 0 Å². The van der Waals surface area contributed by atoms with Crippen molar-refractivity contribution in [3.63, 3.8) is 0 Å². The third-order valence-corrected chi connectivity index (χ3v) is 3.02. The highest BCUT2D eigenvalue weighted by atomic mass is 16.5. The highest BCUT2D eigenvalue weighted by molar-refractivity contribution is 5.85. The van der Waals surface area contributed by atoms with Gasteiger partial charge in [-0.3, -0.25) is 4.79 Å². The number of nitrogens with zero attached hydrogens (tertiary/aromatic N) is 2. The fourth-order valence-electron chi connectivity index (χ4n) is 1.80. The van der Waals surface area contributed by atoms with E-state index in [9.17, 15) is 9.59 Å². The highest BCUT2D eigenvalue weighted by Gasteiger charge is 2.11. The van der Waals surface area contributed by atoms with Crippen molar-refractivity contribution in [1.29, 1.82) is 0 Å². The Morgan fingerprint density at radius 2 is 2.10 bits per heavy atom. The maximum atomic E-state index is 11.4. The Bertz CT molecular complexity index is 505. The first kappa shape index (κ1) is 16.9. The minimum atomic E-state index is -0.774. The molecule has 0 aromatic carbocycles. The number of aryl methyl sites for hydroxylation is 1. The molecular weight excluding hydrogens is 274 g/mol. The normalized spacial score (nSPS) is 11.8. The van der Waals surface area contributed by atoms with Crippen molar-refractivity contribution in [3.8, 4) is 0 Å². The molecule has 0 radical (unpaired) electrons. The van der Waals surface area contributed by atoms with Crippen molar-refractivity contribution in [2.45, 2.75) is 33.1 Å². The van der Waals surface area contributed by atoms with E-state index in [1.165, 1.54) is 7.11 Å². The molecule has 0 saturated carbocycles. The molecule has 116 valence electrons. The number of ether oxygens (including phenoxy) is 1. The molecule has 0 aliphatic rings. The third-order valence-electron chi connectivity index (χ3n) is 3.02. The number of rotatable bonds is 8. The lowest BCUT2D eigenvalue weighted by Crippen LogP contribution is -2.13. The summed E-state index contributed by atoms with van der Waals surface area (Å²) in [5.41, 5.74) is 0.673. The van der Waals surface area contributed by atoms with Gasteiger partial charge in [0.15, 0.2) is 0 Å². The van der Waals surface area contributed by atoms with Gasteiger partial charge in [-0.05, 0) is 25.7 Å². The number of carboxylic acids is 1. The zero-order valence-electron chi connectivity index (χ0n) is 12.5. The summed E-state index contributed by atoms with van der Waals surface area (Å²) in [7, 11) is 1.28. The summed E-state index contributed by atoms with van der Waals surface area (Å²) >= 11 is 0. The zero-order chi connectivity index (χ0) is 15.8. The van der Waals surface area contributed by atoms with Crippen molar-refractivity contribution >= 4 is 17.8 Å². The van der Waals surface area contributed by atoms with Crippen molar-refractivity contribution in [2.75, 3.05) is 19.0 Å². The number of nitrogens with one attached hydrogen (secondary N) is 1. The predicted molar refractivity (Wildman–Crippen MR) is 77.2 cm³/mol. The molecule has 0 aliphatic heterocycles. The number of anilines is 1. The fraction of sp³-hybridized carbons (Fsp3) is 0.571. The Kier molecular flexibility index (Phi) is 6.58. The average molecular weight is 295 g/mol. The second-order valence-electron chi connectivity index (χ2n) is 4.96. The maximum Gasteiger partial charge on any atom is 0.376 e. The van der Waals surface area contributed by atoms with Crippen molar-refractivity contribution in [1.82, 2.24) is 9.97 Å². The Hall–Kier alpha value is -2.18.